The summed E-state index contributed by atoms with van der Waals surface area (Å²) in [6.45, 7) is 15.8. The molecule has 1 radical (unpaired) electrons. The number of benzene rings is 1. The monoisotopic (exact) mass is 305 g/mol. The van der Waals surface area contributed by atoms with Crippen LogP contribution < -0.4 is 0 Å². The minimum atomic E-state index is 0.242. The zero-order valence-electron chi connectivity index (χ0n) is 12.4. The molecular formula is C15H24Cl2P. The van der Waals surface area contributed by atoms with Gasteiger partial charge in [-0.05, 0) is 28.9 Å². The quantitative estimate of drug-likeness (QED) is 0.461. The Hall–Kier alpha value is 0.230. The molecular weight excluding hydrogens is 282 g/mol. The molecule has 1 aromatic rings. The Morgan fingerprint density at radius 3 is 1.28 bits per heavy atom. The van der Waals surface area contributed by atoms with Gasteiger partial charge < -0.3 is 0 Å². The smallest absolute Gasteiger partial charge is 0.0704 e. The van der Waals surface area contributed by atoms with Crippen LogP contribution in [0.1, 0.15) is 58.2 Å². The fraction of sp³-hybridized carbons (Fsp3) is 0.600. The van der Waals surface area contributed by atoms with E-state index in [1.165, 1.54) is 16.7 Å². The van der Waals surface area contributed by atoms with E-state index < -0.39 is 0 Å². The molecule has 1 rings (SSSR count). The van der Waals surface area contributed by atoms with Gasteiger partial charge >= 0.3 is 0 Å². The van der Waals surface area contributed by atoms with Crippen molar-refractivity contribution in [1.29, 1.82) is 0 Å². The second kappa shape index (κ2) is 7.13. The van der Waals surface area contributed by atoms with Crippen LogP contribution in [0.4, 0.5) is 0 Å². The number of halogens is 2. The van der Waals surface area contributed by atoms with Gasteiger partial charge in [0.15, 0.2) is 0 Å². The van der Waals surface area contributed by atoms with E-state index >= 15 is 0 Å². The molecule has 0 saturated heterocycles. The third kappa shape index (κ3) is 6.41. The highest BCUT2D eigenvalue weighted by Crippen LogP contribution is 2.29. The van der Waals surface area contributed by atoms with Crippen molar-refractivity contribution in [2.24, 2.45) is 0 Å². The highest BCUT2D eigenvalue weighted by molar-refractivity contribution is 7.90. The fourth-order valence-corrected chi connectivity index (χ4v) is 1.65. The summed E-state index contributed by atoms with van der Waals surface area (Å²) in [5.41, 5.74) is 4.73. The van der Waals surface area contributed by atoms with Crippen LogP contribution in [-0.2, 0) is 10.8 Å². The van der Waals surface area contributed by atoms with E-state index in [9.17, 15) is 0 Å². The van der Waals surface area contributed by atoms with E-state index in [4.69, 9.17) is 22.5 Å². The van der Waals surface area contributed by atoms with Crippen molar-refractivity contribution in [3.63, 3.8) is 0 Å². The SMILES string of the molecule is Cc1cc(C(C)(C)C)cc(C(C)(C)C)c1.Cl[P]Cl. The molecule has 3 heteroatoms. The van der Waals surface area contributed by atoms with Crippen molar-refractivity contribution in [3.05, 3.63) is 34.9 Å². The zero-order chi connectivity index (χ0) is 14.6. The topological polar surface area (TPSA) is 0 Å². The van der Waals surface area contributed by atoms with Gasteiger partial charge in [-0.15, -0.1) is 0 Å². The molecule has 0 nitrogen and oxygen atoms in total. The third-order valence-electron chi connectivity index (χ3n) is 2.81. The predicted octanol–water partition coefficient (Wildman–Crippen LogP) is 6.83. The van der Waals surface area contributed by atoms with Crippen molar-refractivity contribution in [2.45, 2.75) is 59.3 Å². The Morgan fingerprint density at radius 1 is 0.778 bits per heavy atom. The Labute approximate surface area is 124 Å². The van der Waals surface area contributed by atoms with Gasteiger partial charge in [-0.25, -0.2) is 0 Å². The normalized spacial score (nSPS) is 11.8. The molecule has 0 aliphatic heterocycles. The molecule has 0 fully saturated rings. The molecule has 0 amide bonds. The Bertz CT molecular complexity index is 341. The Balaban J connectivity index is 0.000000873. The number of hydrogen-bond acceptors (Lipinski definition) is 0. The molecule has 0 aliphatic carbocycles. The third-order valence-corrected chi connectivity index (χ3v) is 2.81. The predicted molar refractivity (Wildman–Crippen MR) is 87.2 cm³/mol. The number of aryl methyl sites for hydroxylation is 1. The van der Waals surface area contributed by atoms with Gasteiger partial charge in [-0.2, -0.15) is 0 Å². The number of hydrogen-bond donors (Lipinski definition) is 0. The summed E-state index contributed by atoms with van der Waals surface area (Å²) in [6.07, 6.45) is 0. The standard InChI is InChI=1S/C15H24.Cl2P/c1-11-8-12(14(2,3)4)10-13(9-11)15(5,6)7;1-3-2/h8-10H,1-7H3;. The van der Waals surface area contributed by atoms with Gasteiger partial charge in [0.1, 0.15) is 7.29 Å². The first kappa shape index (κ1) is 18.2. The average Bonchev–Trinajstić information content (AvgIpc) is 2.15. The minimum absolute atomic E-state index is 0.242. The van der Waals surface area contributed by atoms with Crippen LogP contribution >= 0.6 is 29.8 Å². The zero-order valence-corrected chi connectivity index (χ0v) is 14.8. The van der Waals surface area contributed by atoms with Crippen LogP contribution in [0.5, 0.6) is 0 Å². The van der Waals surface area contributed by atoms with Crippen molar-refractivity contribution in [1.82, 2.24) is 0 Å². The van der Waals surface area contributed by atoms with Crippen molar-refractivity contribution >= 4 is 29.8 Å². The molecule has 1 aromatic carbocycles. The van der Waals surface area contributed by atoms with Crippen LogP contribution in [0.25, 0.3) is 0 Å². The van der Waals surface area contributed by atoms with E-state index in [1.54, 1.807) is 0 Å². The lowest BCUT2D eigenvalue weighted by molar-refractivity contribution is 0.567. The van der Waals surface area contributed by atoms with Gasteiger partial charge in [0, 0.05) is 0 Å². The molecule has 0 saturated carbocycles. The molecule has 0 bridgehead atoms. The van der Waals surface area contributed by atoms with E-state index in [0.717, 1.165) is 0 Å². The van der Waals surface area contributed by atoms with Crippen LogP contribution in [0.3, 0.4) is 0 Å². The number of rotatable bonds is 0. The van der Waals surface area contributed by atoms with E-state index in [2.05, 4.69) is 66.7 Å². The summed E-state index contributed by atoms with van der Waals surface area (Å²) in [6, 6.07) is 6.96. The summed E-state index contributed by atoms with van der Waals surface area (Å²) >= 11 is 9.47. The van der Waals surface area contributed by atoms with E-state index in [0.29, 0.717) is 7.29 Å². The van der Waals surface area contributed by atoms with Crippen LogP contribution in [-0.4, -0.2) is 0 Å². The molecule has 0 aromatic heterocycles. The first-order valence-electron chi connectivity index (χ1n) is 6.07. The molecule has 0 spiro atoms. The lowest BCUT2D eigenvalue weighted by Gasteiger charge is -2.25. The molecule has 0 atom stereocenters. The largest absolute Gasteiger partial charge is 0.141 e. The Morgan fingerprint density at radius 2 is 1.06 bits per heavy atom. The summed E-state index contributed by atoms with van der Waals surface area (Å²) in [7, 11) is 0.361. The van der Waals surface area contributed by atoms with Crippen LogP contribution in [0, 0.1) is 6.92 Å². The minimum Gasteiger partial charge on any atom is -0.0704 e. The second-order valence-electron chi connectivity index (χ2n) is 6.65. The maximum Gasteiger partial charge on any atom is 0.141 e. The second-order valence-corrected chi connectivity index (χ2v) is 8.31. The summed E-state index contributed by atoms with van der Waals surface area (Å²) in [5, 5.41) is 0. The van der Waals surface area contributed by atoms with Crippen LogP contribution in [0.2, 0.25) is 0 Å². The molecule has 0 heterocycles. The first-order valence-corrected chi connectivity index (χ1v) is 8.77. The van der Waals surface area contributed by atoms with Gasteiger partial charge in [-0.3, -0.25) is 0 Å². The van der Waals surface area contributed by atoms with E-state index in [1.807, 2.05) is 0 Å². The molecule has 0 unspecified atom stereocenters. The molecule has 0 aliphatic rings. The molecule has 103 valence electrons. The maximum absolute atomic E-state index is 4.74. The van der Waals surface area contributed by atoms with Crippen molar-refractivity contribution in [3.8, 4) is 0 Å². The highest BCUT2D eigenvalue weighted by atomic mass is 35.9. The van der Waals surface area contributed by atoms with E-state index in [-0.39, 0.29) is 10.8 Å². The summed E-state index contributed by atoms with van der Waals surface area (Å²) in [5.74, 6) is 0. The lowest BCUT2D eigenvalue weighted by Crippen LogP contribution is -2.16. The molecule has 18 heavy (non-hydrogen) atoms. The van der Waals surface area contributed by atoms with Gasteiger partial charge in [0.25, 0.3) is 0 Å². The summed E-state index contributed by atoms with van der Waals surface area (Å²) < 4.78 is 0. The Kier molecular flexibility index (Phi) is 7.22. The van der Waals surface area contributed by atoms with Crippen molar-refractivity contribution in [2.75, 3.05) is 0 Å². The van der Waals surface area contributed by atoms with Gasteiger partial charge in [0.05, 0.1) is 0 Å². The fourth-order valence-electron chi connectivity index (χ4n) is 1.65. The first-order chi connectivity index (χ1) is 8.02. The van der Waals surface area contributed by atoms with Gasteiger partial charge in [0.2, 0.25) is 0 Å². The van der Waals surface area contributed by atoms with Crippen molar-refractivity contribution < 1.29 is 0 Å². The lowest BCUT2D eigenvalue weighted by atomic mass is 9.80. The highest BCUT2D eigenvalue weighted by Gasteiger charge is 2.19. The van der Waals surface area contributed by atoms with Gasteiger partial charge in [-0.1, -0.05) is 87.8 Å². The van der Waals surface area contributed by atoms with Crippen LogP contribution in [0.15, 0.2) is 18.2 Å². The maximum atomic E-state index is 4.74. The molecule has 0 N–H and O–H groups in total. The summed E-state index contributed by atoms with van der Waals surface area (Å²) in [4.78, 5) is 0. The average molecular weight is 306 g/mol.